The molecular weight excluding hydrogens is 251 g/mol. The lowest BCUT2D eigenvalue weighted by Crippen LogP contribution is -2.35. The summed E-state index contributed by atoms with van der Waals surface area (Å²) in [5.74, 6) is 0.733. The summed E-state index contributed by atoms with van der Waals surface area (Å²) in [7, 11) is 1.89. The van der Waals surface area contributed by atoms with Crippen molar-refractivity contribution < 1.29 is 4.39 Å². The molecule has 20 heavy (non-hydrogen) atoms. The Morgan fingerprint density at radius 1 is 1.20 bits per heavy atom. The molecule has 1 atom stereocenters. The van der Waals surface area contributed by atoms with E-state index in [2.05, 4.69) is 16.3 Å². The third-order valence-corrected chi connectivity index (χ3v) is 4.95. The molecule has 1 aromatic rings. The van der Waals surface area contributed by atoms with Gasteiger partial charge >= 0.3 is 0 Å². The van der Waals surface area contributed by atoms with Gasteiger partial charge in [-0.1, -0.05) is 18.9 Å². The van der Waals surface area contributed by atoms with Crippen molar-refractivity contribution in [1.82, 2.24) is 5.32 Å². The van der Waals surface area contributed by atoms with E-state index >= 15 is 0 Å². The van der Waals surface area contributed by atoms with Crippen LogP contribution in [-0.2, 0) is 6.54 Å². The van der Waals surface area contributed by atoms with E-state index in [4.69, 9.17) is 0 Å². The molecule has 0 spiro atoms. The van der Waals surface area contributed by atoms with E-state index in [0.717, 1.165) is 30.3 Å². The lowest BCUT2D eigenvalue weighted by molar-refractivity contribution is 0.427. The predicted octanol–water partition coefficient (Wildman–Crippen LogP) is 3.70. The first-order valence-electron chi connectivity index (χ1n) is 7.99. The molecule has 1 N–H and O–H groups in total. The summed E-state index contributed by atoms with van der Waals surface area (Å²) in [5, 5.41) is 3.07. The molecule has 0 amide bonds. The molecule has 2 aliphatic rings. The minimum absolute atomic E-state index is 0.0531. The summed E-state index contributed by atoms with van der Waals surface area (Å²) < 4.78 is 14.4. The SMILES string of the molecule is CNCc1ccc(N2CCCC2C2CCCC2)c(F)c1. The van der Waals surface area contributed by atoms with Crippen LogP contribution in [0.4, 0.5) is 10.1 Å². The molecule has 0 aromatic heterocycles. The smallest absolute Gasteiger partial charge is 0.146 e. The monoisotopic (exact) mass is 276 g/mol. The number of hydrogen-bond donors (Lipinski definition) is 1. The van der Waals surface area contributed by atoms with Crippen LogP contribution in [0.1, 0.15) is 44.1 Å². The molecule has 3 rings (SSSR count). The minimum Gasteiger partial charge on any atom is -0.366 e. The number of nitrogens with one attached hydrogen (secondary N) is 1. The Kier molecular flexibility index (Phi) is 4.25. The van der Waals surface area contributed by atoms with Crippen molar-refractivity contribution in [3.63, 3.8) is 0 Å². The summed E-state index contributed by atoms with van der Waals surface area (Å²) >= 11 is 0. The lowest BCUT2D eigenvalue weighted by atomic mass is 9.95. The first-order chi connectivity index (χ1) is 9.79. The maximum Gasteiger partial charge on any atom is 0.146 e. The molecule has 110 valence electrons. The lowest BCUT2D eigenvalue weighted by Gasteiger charge is -2.31. The molecule has 0 bridgehead atoms. The van der Waals surface area contributed by atoms with Crippen molar-refractivity contribution in [3.05, 3.63) is 29.6 Å². The number of rotatable bonds is 4. The van der Waals surface area contributed by atoms with Gasteiger partial charge in [0.05, 0.1) is 5.69 Å². The van der Waals surface area contributed by atoms with Crippen molar-refractivity contribution in [2.75, 3.05) is 18.5 Å². The van der Waals surface area contributed by atoms with Crippen LogP contribution in [0, 0.1) is 11.7 Å². The highest BCUT2D eigenvalue weighted by molar-refractivity contribution is 5.51. The van der Waals surface area contributed by atoms with Crippen LogP contribution >= 0.6 is 0 Å². The Hall–Kier alpha value is -1.09. The van der Waals surface area contributed by atoms with Gasteiger partial charge < -0.3 is 10.2 Å². The van der Waals surface area contributed by atoms with Crippen LogP contribution < -0.4 is 10.2 Å². The number of hydrogen-bond acceptors (Lipinski definition) is 2. The Labute approximate surface area is 121 Å². The molecule has 1 heterocycles. The van der Waals surface area contributed by atoms with Crippen LogP contribution in [0.15, 0.2) is 18.2 Å². The molecule has 1 unspecified atom stereocenters. The van der Waals surface area contributed by atoms with Crippen molar-refractivity contribution in [2.45, 2.75) is 51.1 Å². The fourth-order valence-corrected chi connectivity index (χ4v) is 4.02. The molecule has 1 aromatic carbocycles. The van der Waals surface area contributed by atoms with Crippen LogP contribution in [-0.4, -0.2) is 19.6 Å². The van der Waals surface area contributed by atoms with E-state index < -0.39 is 0 Å². The zero-order chi connectivity index (χ0) is 13.9. The summed E-state index contributed by atoms with van der Waals surface area (Å²) in [4.78, 5) is 2.34. The van der Waals surface area contributed by atoms with Gasteiger partial charge in [-0.05, 0) is 56.3 Å². The molecular formula is C17H25FN2. The van der Waals surface area contributed by atoms with Crippen LogP contribution in [0.2, 0.25) is 0 Å². The number of nitrogens with zero attached hydrogens (tertiary/aromatic N) is 1. The molecule has 2 fully saturated rings. The van der Waals surface area contributed by atoms with Gasteiger partial charge in [0.15, 0.2) is 0 Å². The van der Waals surface area contributed by atoms with E-state index in [0.29, 0.717) is 6.04 Å². The van der Waals surface area contributed by atoms with E-state index in [1.54, 1.807) is 6.07 Å². The Bertz CT molecular complexity index is 454. The van der Waals surface area contributed by atoms with Gasteiger partial charge in [0.1, 0.15) is 5.82 Å². The fraction of sp³-hybridized carbons (Fsp3) is 0.647. The third-order valence-electron chi connectivity index (χ3n) is 4.95. The minimum atomic E-state index is -0.0531. The molecule has 1 saturated heterocycles. The zero-order valence-electron chi connectivity index (χ0n) is 12.4. The van der Waals surface area contributed by atoms with Gasteiger partial charge in [-0.3, -0.25) is 0 Å². The number of anilines is 1. The summed E-state index contributed by atoms with van der Waals surface area (Å²) in [5.41, 5.74) is 1.84. The number of benzene rings is 1. The number of halogens is 1. The van der Waals surface area contributed by atoms with Crippen molar-refractivity contribution >= 4 is 5.69 Å². The van der Waals surface area contributed by atoms with Crippen LogP contribution in [0.5, 0.6) is 0 Å². The second-order valence-corrected chi connectivity index (χ2v) is 6.26. The highest BCUT2D eigenvalue weighted by atomic mass is 19.1. The van der Waals surface area contributed by atoms with Gasteiger partial charge in [0, 0.05) is 19.1 Å². The van der Waals surface area contributed by atoms with Gasteiger partial charge in [0.25, 0.3) is 0 Å². The third kappa shape index (κ3) is 2.69. The van der Waals surface area contributed by atoms with E-state index in [1.165, 1.54) is 38.5 Å². The Morgan fingerprint density at radius 3 is 2.70 bits per heavy atom. The molecule has 0 radical (unpaired) electrons. The fourth-order valence-electron chi connectivity index (χ4n) is 4.02. The van der Waals surface area contributed by atoms with E-state index in [9.17, 15) is 4.39 Å². The maximum absolute atomic E-state index is 14.4. The average Bonchev–Trinajstić information content (AvgIpc) is 3.10. The first kappa shape index (κ1) is 13.9. The van der Waals surface area contributed by atoms with E-state index in [-0.39, 0.29) is 5.82 Å². The van der Waals surface area contributed by atoms with Crippen LogP contribution in [0.25, 0.3) is 0 Å². The van der Waals surface area contributed by atoms with E-state index in [1.807, 2.05) is 13.1 Å². The van der Waals surface area contributed by atoms with Gasteiger partial charge in [-0.15, -0.1) is 0 Å². The second-order valence-electron chi connectivity index (χ2n) is 6.26. The van der Waals surface area contributed by atoms with Gasteiger partial charge in [0.2, 0.25) is 0 Å². The van der Waals surface area contributed by atoms with Crippen molar-refractivity contribution in [1.29, 1.82) is 0 Å². The molecule has 1 aliphatic heterocycles. The van der Waals surface area contributed by atoms with Crippen molar-refractivity contribution in [3.8, 4) is 0 Å². The first-order valence-corrected chi connectivity index (χ1v) is 7.99. The molecule has 2 nitrogen and oxygen atoms in total. The topological polar surface area (TPSA) is 15.3 Å². The van der Waals surface area contributed by atoms with Crippen LogP contribution in [0.3, 0.4) is 0 Å². The highest BCUT2D eigenvalue weighted by Crippen LogP contribution is 2.38. The van der Waals surface area contributed by atoms with Gasteiger partial charge in [-0.25, -0.2) is 4.39 Å². The molecule has 3 heteroatoms. The average molecular weight is 276 g/mol. The second kappa shape index (κ2) is 6.13. The zero-order valence-corrected chi connectivity index (χ0v) is 12.4. The Morgan fingerprint density at radius 2 is 2.00 bits per heavy atom. The largest absolute Gasteiger partial charge is 0.366 e. The predicted molar refractivity (Wildman–Crippen MR) is 81.5 cm³/mol. The maximum atomic E-state index is 14.4. The molecule has 1 aliphatic carbocycles. The van der Waals surface area contributed by atoms with Gasteiger partial charge in [-0.2, -0.15) is 0 Å². The Balaban J connectivity index is 1.80. The van der Waals surface area contributed by atoms with Crippen molar-refractivity contribution in [2.24, 2.45) is 5.92 Å². The standard InChI is InChI=1S/C17H25FN2/c1-19-12-13-8-9-17(15(18)11-13)20-10-4-7-16(20)14-5-2-3-6-14/h8-9,11,14,16,19H,2-7,10,12H2,1H3. The molecule has 1 saturated carbocycles. The normalized spacial score (nSPS) is 23.7. The quantitative estimate of drug-likeness (QED) is 0.902. The summed E-state index contributed by atoms with van der Waals surface area (Å²) in [6, 6.07) is 6.30. The summed E-state index contributed by atoms with van der Waals surface area (Å²) in [6.07, 6.45) is 7.83. The summed E-state index contributed by atoms with van der Waals surface area (Å²) in [6.45, 7) is 1.74. The highest BCUT2D eigenvalue weighted by Gasteiger charge is 2.34.